The van der Waals surface area contributed by atoms with E-state index in [0.717, 1.165) is 47.8 Å². The summed E-state index contributed by atoms with van der Waals surface area (Å²) in [6.07, 6.45) is 4.27. The topological polar surface area (TPSA) is 30.5 Å². The highest BCUT2D eigenvalue weighted by atomic mass is 32.1. The third-order valence-corrected chi connectivity index (χ3v) is 4.93. The molecule has 2 aromatic rings. The molecule has 2 rings (SSSR count). The Hall–Kier alpha value is -2.44. The van der Waals surface area contributed by atoms with Crippen LogP contribution in [0.5, 0.6) is 0 Å². The minimum Gasteiger partial charge on any atom is -0.346 e. The first-order valence-electron chi connectivity index (χ1n) is 9.51. The molecule has 4 nitrogen and oxygen atoms in total. The van der Waals surface area contributed by atoms with Gasteiger partial charge >= 0.3 is 0 Å². The molecule has 0 aromatic heterocycles. The number of thiocarbonyl (C=S) groups is 2. The number of rotatable bonds is 8. The van der Waals surface area contributed by atoms with Crippen LogP contribution in [0.3, 0.4) is 0 Å². The Morgan fingerprint density at radius 1 is 0.714 bits per heavy atom. The van der Waals surface area contributed by atoms with Crippen molar-refractivity contribution in [2.45, 2.75) is 13.8 Å². The lowest BCUT2D eigenvalue weighted by atomic mass is 10.3. The molecule has 0 radical (unpaired) electrons. The predicted molar refractivity (Wildman–Crippen MR) is 129 cm³/mol. The van der Waals surface area contributed by atoms with Crippen LogP contribution in [0, 0.1) is 0 Å². The van der Waals surface area contributed by atoms with Gasteiger partial charge in [-0.1, -0.05) is 48.6 Å². The fourth-order valence-electron chi connectivity index (χ4n) is 2.56. The van der Waals surface area contributed by atoms with Crippen LogP contribution < -0.4 is 10.6 Å². The van der Waals surface area contributed by atoms with E-state index in [9.17, 15) is 0 Å². The highest BCUT2D eigenvalue weighted by Crippen LogP contribution is 2.08. The fourth-order valence-corrected chi connectivity index (χ4v) is 3.21. The van der Waals surface area contributed by atoms with Crippen LogP contribution in [0.15, 0.2) is 72.8 Å². The maximum Gasteiger partial charge on any atom is 0.173 e. The van der Waals surface area contributed by atoms with Gasteiger partial charge < -0.3 is 20.4 Å². The van der Waals surface area contributed by atoms with E-state index >= 15 is 0 Å². The molecule has 0 aliphatic rings. The zero-order chi connectivity index (χ0) is 20.2. The van der Waals surface area contributed by atoms with Crippen LogP contribution in [0.25, 0.3) is 0 Å². The molecule has 0 atom stereocenters. The Balaban J connectivity index is 1.82. The summed E-state index contributed by atoms with van der Waals surface area (Å²) in [5.74, 6) is 0. The molecule has 6 heteroatoms. The minimum absolute atomic E-state index is 0.729. The third-order valence-electron chi connectivity index (χ3n) is 4.21. The molecular weight excluding hydrogens is 384 g/mol. The number of hydrogen-bond acceptors (Lipinski definition) is 2. The largest absolute Gasteiger partial charge is 0.346 e. The van der Waals surface area contributed by atoms with Gasteiger partial charge in [-0.05, 0) is 62.5 Å². The summed E-state index contributed by atoms with van der Waals surface area (Å²) in [7, 11) is 0. The second-order valence-electron chi connectivity index (χ2n) is 6.14. The highest BCUT2D eigenvalue weighted by molar-refractivity contribution is 7.80. The molecule has 0 bridgehead atoms. The van der Waals surface area contributed by atoms with E-state index in [2.05, 4.69) is 46.4 Å². The first-order valence-corrected chi connectivity index (χ1v) is 10.3. The number of para-hydroxylation sites is 2. The fraction of sp³-hybridized carbons (Fsp3) is 0.273. The van der Waals surface area contributed by atoms with Gasteiger partial charge in [0.25, 0.3) is 0 Å². The molecule has 0 spiro atoms. The van der Waals surface area contributed by atoms with Crippen LogP contribution in [-0.2, 0) is 0 Å². The maximum absolute atomic E-state index is 5.53. The second kappa shape index (κ2) is 12.1. The van der Waals surface area contributed by atoms with Crippen LogP contribution in [0.4, 0.5) is 11.4 Å². The van der Waals surface area contributed by atoms with Gasteiger partial charge in [-0.3, -0.25) is 0 Å². The quantitative estimate of drug-likeness (QED) is 0.470. The Morgan fingerprint density at radius 2 is 1.07 bits per heavy atom. The van der Waals surface area contributed by atoms with Crippen molar-refractivity contribution in [3.63, 3.8) is 0 Å². The lowest BCUT2D eigenvalue weighted by molar-refractivity contribution is 0.483. The molecule has 0 fully saturated rings. The van der Waals surface area contributed by atoms with Gasteiger partial charge in [-0.15, -0.1) is 0 Å². The average molecular weight is 413 g/mol. The lowest BCUT2D eigenvalue weighted by Crippen LogP contribution is -2.35. The van der Waals surface area contributed by atoms with Crippen molar-refractivity contribution < 1.29 is 0 Å². The molecule has 0 saturated heterocycles. The van der Waals surface area contributed by atoms with Gasteiger partial charge in [-0.2, -0.15) is 0 Å². The zero-order valence-corrected chi connectivity index (χ0v) is 18.1. The first-order chi connectivity index (χ1) is 13.6. The maximum atomic E-state index is 5.53. The van der Waals surface area contributed by atoms with E-state index < -0.39 is 0 Å². The number of anilines is 2. The van der Waals surface area contributed by atoms with Gasteiger partial charge in [0.05, 0.1) is 0 Å². The van der Waals surface area contributed by atoms with Crippen LogP contribution in [-0.4, -0.2) is 46.2 Å². The average Bonchev–Trinajstić information content (AvgIpc) is 2.72. The summed E-state index contributed by atoms with van der Waals surface area (Å²) >= 11 is 11.1. The van der Waals surface area contributed by atoms with Gasteiger partial charge in [-0.25, -0.2) is 0 Å². The molecule has 2 aromatic carbocycles. The Bertz CT molecular complexity index is 697. The van der Waals surface area contributed by atoms with Crippen molar-refractivity contribution in [2.24, 2.45) is 0 Å². The van der Waals surface area contributed by atoms with Crippen molar-refractivity contribution in [3.05, 3.63) is 72.8 Å². The van der Waals surface area contributed by atoms with Crippen molar-refractivity contribution >= 4 is 46.0 Å². The van der Waals surface area contributed by atoms with Gasteiger partial charge in [0.15, 0.2) is 10.2 Å². The molecule has 2 N–H and O–H groups in total. The Kier molecular flexibility index (Phi) is 9.45. The van der Waals surface area contributed by atoms with E-state index in [1.54, 1.807) is 0 Å². The van der Waals surface area contributed by atoms with E-state index in [4.69, 9.17) is 24.4 Å². The number of hydrogen-bond donors (Lipinski definition) is 2. The molecule has 28 heavy (non-hydrogen) atoms. The summed E-state index contributed by atoms with van der Waals surface area (Å²) in [5, 5.41) is 8.02. The molecule has 0 aliphatic carbocycles. The summed E-state index contributed by atoms with van der Waals surface area (Å²) in [5.41, 5.74) is 2.01. The van der Waals surface area contributed by atoms with Crippen molar-refractivity contribution in [3.8, 4) is 0 Å². The predicted octanol–water partition coefficient (Wildman–Crippen LogP) is 4.98. The molecular formula is C22H28N4S2. The zero-order valence-electron chi connectivity index (χ0n) is 16.5. The summed E-state index contributed by atoms with van der Waals surface area (Å²) in [6.45, 7) is 7.40. The molecule has 0 heterocycles. The van der Waals surface area contributed by atoms with E-state index in [1.807, 2.05) is 60.7 Å². The van der Waals surface area contributed by atoms with Gasteiger partial charge in [0, 0.05) is 37.6 Å². The molecule has 0 unspecified atom stereocenters. The van der Waals surface area contributed by atoms with Gasteiger partial charge in [0.2, 0.25) is 0 Å². The smallest absolute Gasteiger partial charge is 0.173 e. The van der Waals surface area contributed by atoms with Crippen molar-refractivity contribution in [1.82, 2.24) is 9.80 Å². The standard InChI is InChI=1S/C22H28N4S2/c1-3-25(21(27)23-19-13-7-5-8-14-19)17-11-12-18-26(4-2)22(28)24-20-15-9-6-10-16-20/h5-16H,3-4,17-18H2,1-2H3,(H,23,27)(H,24,28)/b12-11+. The van der Waals surface area contributed by atoms with Crippen molar-refractivity contribution in [1.29, 1.82) is 0 Å². The van der Waals surface area contributed by atoms with Crippen LogP contribution >= 0.6 is 24.4 Å². The number of nitrogens with zero attached hydrogens (tertiary/aromatic N) is 2. The highest BCUT2D eigenvalue weighted by Gasteiger charge is 2.07. The van der Waals surface area contributed by atoms with Gasteiger partial charge in [0.1, 0.15) is 0 Å². The van der Waals surface area contributed by atoms with E-state index in [1.165, 1.54) is 0 Å². The summed E-state index contributed by atoms with van der Waals surface area (Å²) in [4.78, 5) is 4.24. The first kappa shape index (κ1) is 21.9. The number of benzene rings is 2. The van der Waals surface area contributed by atoms with Crippen LogP contribution in [0.1, 0.15) is 13.8 Å². The Labute approximate surface area is 179 Å². The molecule has 148 valence electrons. The van der Waals surface area contributed by atoms with Crippen LogP contribution in [0.2, 0.25) is 0 Å². The second-order valence-corrected chi connectivity index (χ2v) is 6.91. The van der Waals surface area contributed by atoms with E-state index in [-0.39, 0.29) is 0 Å². The minimum atomic E-state index is 0.729. The monoisotopic (exact) mass is 412 g/mol. The lowest BCUT2D eigenvalue weighted by Gasteiger charge is -2.24. The summed E-state index contributed by atoms with van der Waals surface area (Å²) < 4.78 is 0. The normalized spacial score (nSPS) is 10.5. The molecule has 0 saturated carbocycles. The molecule has 0 aliphatic heterocycles. The SMILES string of the molecule is CCN(C/C=C/CN(CC)C(=S)Nc1ccccc1)C(=S)Nc1ccccc1. The van der Waals surface area contributed by atoms with E-state index in [0.29, 0.717) is 0 Å². The van der Waals surface area contributed by atoms with Crippen molar-refractivity contribution in [2.75, 3.05) is 36.8 Å². The number of nitrogens with one attached hydrogen (secondary N) is 2. The molecule has 0 amide bonds. The Morgan fingerprint density at radius 3 is 1.39 bits per heavy atom. The third kappa shape index (κ3) is 7.29. The number of likely N-dealkylation sites (N-methyl/N-ethyl adjacent to an activating group) is 2. The summed E-state index contributed by atoms with van der Waals surface area (Å²) in [6, 6.07) is 20.0.